The molecule has 2 aromatic heterocycles. The molecular weight excluding hydrogens is 411 g/mol. The molecule has 2 atom stereocenters. The van der Waals surface area contributed by atoms with Crippen molar-refractivity contribution in [2.75, 3.05) is 4.90 Å². The Kier molecular flexibility index (Phi) is 4.88. The smallest absolute Gasteiger partial charge is 0.174 e. The SMILES string of the molecule is Oc1ccccc1N1C(=S)N[C@H](c2ccccn2)[C@@H]1c1cccn1-c1cccc(F)c1. The van der Waals surface area contributed by atoms with Gasteiger partial charge in [-0.1, -0.05) is 24.3 Å². The largest absolute Gasteiger partial charge is 0.506 e. The summed E-state index contributed by atoms with van der Waals surface area (Å²) in [5.74, 6) is -0.182. The van der Waals surface area contributed by atoms with Gasteiger partial charge in [0.1, 0.15) is 17.6 Å². The van der Waals surface area contributed by atoms with E-state index in [1.165, 1.54) is 12.1 Å². The molecule has 7 heteroatoms. The molecule has 1 aliphatic heterocycles. The van der Waals surface area contributed by atoms with E-state index in [-0.39, 0.29) is 23.7 Å². The Morgan fingerprint density at radius 1 is 0.968 bits per heavy atom. The van der Waals surface area contributed by atoms with Crippen LogP contribution >= 0.6 is 12.2 Å². The van der Waals surface area contributed by atoms with Gasteiger partial charge in [-0.25, -0.2) is 4.39 Å². The number of aromatic hydroxyl groups is 1. The van der Waals surface area contributed by atoms with E-state index in [1.54, 1.807) is 24.4 Å². The van der Waals surface area contributed by atoms with Crippen molar-refractivity contribution >= 4 is 23.0 Å². The van der Waals surface area contributed by atoms with Crippen molar-refractivity contribution in [3.8, 4) is 11.4 Å². The standard InChI is InChI=1S/C24H19FN4OS/c25-16-7-5-8-17(15-16)28-14-6-11-20(28)23-22(18-9-3-4-13-26-18)27-24(31)29(23)19-10-1-2-12-21(19)30/h1-15,22-23,30H,(H,27,31)/t22-,23+/m1/s1. The third kappa shape index (κ3) is 3.43. The molecule has 5 nitrogen and oxygen atoms in total. The average Bonchev–Trinajstić information content (AvgIpc) is 3.39. The number of nitrogens with one attached hydrogen (secondary N) is 1. The second-order valence-electron chi connectivity index (χ2n) is 7.27. The first kappa shape index (κ1) is 19.3. The second kappa shape index (κ2) is 7.85. The van der Waals surface area contributed by atoms with Gasteiger partial charge in [-0.3, -0.25) is 4.98 Å². The summed E-state index contributed by atoms with van der Waals surface area (Å²) >= 11 is 5.70. The first-order valence-corrected chi connectivity index (χ1v) is 10.3. The lowest BCUT2D eigenvalue weighted by molar-refractivity contribution is 0.472. The fourth-order valence-electron chi connectivity index (χ4n) is 4.08. The predicted octanol–water partition coefficient (Wildman–Crippen LogP) is 4.89. The Morgan fingerprint density at radius 3 is 2.58 bits per heavy atom. The Bertz CT molecular complexity index is 1240. The van der Waals surface area contributed by atoms with Crippen molar-refractivity contribution < 1.29 is 9.50 Å². The number of hydrogen-bond acceptors (Lipinski definition) is 3. The van der Waals surface area contributed by atoms with Crippen LogP contribution in [-0.2, 0) is 0 Å². The fourth-order valence-corrected chi connectivity index (χ4v) is 4.42. The van der Waals surface area contributed by atoms with E-state index in [1.807, 2.05) is 64.2 Å². The van der Waals surface area contributed by atoms with Crippen molar-refractivity contribution in [1.29, 1.82) is 0 Å². The van der Waals surface area contributed by atoms with Crippen molar-refractivity contribution in [2.45, 2.75) is 12.1 Å². The zero-order valence-electron chi connectivity index (χ0n) is 16.4. The van der Waals surface area contributed by atoms with Gasteiger partial charge < -0.3 is 19.9 Å². The molecule has 2 N–H and O–H groups in total. The number of nitrogens with zero attached hydrogens (tertiary/aromatic N) is 3. The van der Waals surface area contributed by atoms with Crippen LogP contribution in [0.25, 0.3) is 5.69 Å². The highest BCUT2D eigenvalue weighted by atomic mass is 32.1. The number of phenolic OH excluding ortho intramolecular Hbond substituents is 1. The Labute approximate surface area is 184 Å². The summed E-state index contributed by atoms with van der Waals surface area (Å²) in [7, 11) is 0. The number of para-hydroxylation sites is 2. The van der Waals surface area contributed by atoms with Gasteiger partial charge >= 0.3 is 0 Å². The number of phenols is 1. The summed E-state index contributed by atoms with van der Waals surface area (Å²) in [6.07, 6.45) is 3.63. The van der Waals surface area contributed by atoms with E-state index in [2.05, 4.69) is 10.3 Å². The van der Waals surface area contributed by atoms with Crippen molar-refractivity contribution in [1.82, 2.24) is 14.9 Å². The van der Waals surface area contributed by atoms with E-state index in [9.17, 15) is 9.50 Å². The highest BCUT2D eigenvalue weighted by Crippen LogP contribution is 2.44. The van der Waals surface area contributed by atoms with Crippen LogP contribution in [0, 0.1) is 5.82 Å². The van der Waals surface area contributed by atoms with Gasteiger partial charge in [0.15, 0.2) is 5.11 Å². The molecule has 0 radical (unpaired) electrons. The molecule has 2 aromatic carbocycles. The molecule has 0 spiro atoms. The Balaban J connectivity index is 1.69. The van der Waals surface area contributed by atoms with Gasteiger partial charge in [0.25, 0.3) is 0 Å². The maximum absolute atomic E-state index is 14.0. The zero-order chi connectivity index (χ0) is 21.4. The molecule has 31 heavy (non-hydrogen) atoms. The lowest BCUT2D eigenvalue weighted by Crippen LogP contribution is -2.30. The van der Waals surface area contributed by atoms with Crippen LogP contribution in [0.15, 0.2) is 91.3 Å². The first-order chi connectivity index (χ1) is 15.1. The maximum atomic E-state index is 14.0. The minimum absolute atomic E-state index is 0.127. The lowest BCUT2D eigenvalue weighted by Gasteiger charge is -2.29. The van der Waals surface area contributed by atoms with Crippen molar-refractivity contribution in [3.63, 3.8) is 0 Å². The van der Waals surface area contributed by atoms with Crippen LogP contribution < -0.4 is 10.2 Å². The average molecular weight is 431 g/mol. The number of halogens is 1. The minimum Gasteiger partial charge on any atom is -0.506 e. The highest BCUT2D eigenvalue weighted by molar-refractivity contribution is 7.80. The summed E-state index contributed by atoms with van der Waals surface area (Å²) < 4.78 is 15.9. The quantitative estimate of drug-likeness (QED) is 0.452. The number of benzene rings is 2. The summed E-state index contributed by atoms with van der Waals surface area (Å²) in [6, 6.07) is 22.6. The molecule has 0 bridgehead atoms. The van der Waals surface area contributed by atoms with Gasteiger partial charge in [-0.05, 0) is 66.8 Å². The number of thiocarbonyl (C=S) groups is 1. The highest BCUT2D eigenvalue weighted by Gasteiger charge is 2.42. The maximum Gasteiger partial charge on any atom is 0.174 e. The van der Waals surface area contributed by atoms with Crippen LogP contribution in [0.5, 0.6) is 5.75 Å². The molecule has 0 saturated carbocycles. The van der Waals surface area contributed by atoms with Crippen molar-refractivity contribution in [2.24, 2.45) is 0 Å². The van der Waals surface area contributed by atoms with Gasteiger partial charge in [-0.15, -0.1) is 0 Å². The number of rotatable bonds is 4. The Morgan fingerprint density at radius 2 is 1.81 bits per heavy atom. The fraction of sp³-hybridized carbons (Fsp3) is 0.0833. The monoisotopic (exact) mass is 430 g/mol. The predicted molar refractivity (Wildman–Crippen MR) is 122 cm³/mol. The molecule has 154 valence electrons. The molecule has 3 heterocycles. The number of pyridine rings is 1. The zero-order valence-corrected chi connectivity index (χ0v) is 17.2. The number of aromatic nitrogens is 2. The molecule has 1 fully saturated rings. The lowest BCUT2D eigenvalue weighted by atomic mass is 10.0. The van der Waals surface area contributed by atoms with Crippen LogP contribution in [0.2, 0.25) is 0 Å². The van der Waals surface area contributed by atoms with E-state index >= 15 is 0 Å². The molecule has 4 aromatic rings. The first-order valence-electron chi connectivity index (χ1n) is 9.85. The van der Waals surface area contributed by atoms with Gasteiger partial charge in [0.2, 0.25) is 0 Å². The third-order valence-corrected chi connectivity index (χ3v) is 5.72. The Hall–Kier alpha value is -3.71. The van der Waals surface area contributed by atoms with Crippen LogP contribution in [0.1, 0.15) is 23.5 Å². The molecule has 1 saturated heterocycles. The summed E-state index contributed by atoms with van der Waals surface area (Å²) in [6.45, 7) is 0. The summed E-state index contributed by atoms with van der Waals surface area (Å²) in [5, 5.41) is 14.4. The number of hydrogen-bond donors (Lipinski definition) is 2. The molecule has 1 aliphatic rings. The van der Waals surface area contributed by atoms with Crippen LogP contribution in [-0.4, -0.2) is 19.8 Å². The molecular formula is C24H19FN4OS. The normalized spacial score (nSPS) is 18.2. The van der Waals surface area contributed by atoms with Gasteiger partial charge in [0.05, 0.1) is 17.4 Å². The molecule has 0 amide bonds. The van der Waals surface area contributed by atoms with E-state index in [4.69, 9.17) is 12.2 Å². The van der Waals surface area contributed by atoms with E-state index in [0.717, 1.165) is 11.4 Å². The molecule has 0 unspecified atom stereocenters. The van der Waals surface area contributed by atoms with Gasteiger partial charge in [0, 0.05) is 23.8 Å². The second-order valence-corrected chi connectivity index (χ2v) is 7.65. The van der Waals surface area contributed by atoms with Crippen molar-refractivity contribution in [3.05, 3.63) is 108 Å². The molecule has 0 aliphatic carbocycles. The number of anilines is 1. The van der Waals surface area contributed by atoms with Crippen LogP contribution in [0.3, 0.4) is 0 Å². The summed E-state index contributed by atoms with van der Waals surface area (Å²) in [4.78, 5) is 6.44. The topological polar surface area (TPSA) is 53.3 Å². The summed E-state index contributed by atoms with van der Waals surface area (Å²) in [5.41, 5.74) is 3.00. The third-order valence-electron chi connectivity index (χ3n) is 5.41. The van der Waals surface area contributed by atoms with Gasteiger partial charge in [-0.2, -0.15) is 0 Å². The van der Waals surface area contributed by atoms with E-state index < -0.39 is 0 Å². The van der Waals surface area contributed by atoms with E-state index in [0.29, 0.717) is 16.5 Å². The van der Waals surface area contributed by atoms with Crippen LogP contribution in [0.4, 0.5) is 10.1 Å². The minimum atomic E-state index is -0.325. The molecule has 5 rings (SSSR count).